The topological polar surface area (TPSA) is 0 Å². The fraction of sp³-hybridized carbons (Fsp3) is 0.304. The number of rotatable bonds is 2. The SMILES string of the molecule is Cc1cc(C)cc(-c2cccc3[cH-]c(C(C)(C)C)c(C)c23)c1.Cc1cc(C)cc(-c2cccc3[cH-]c(C(C)(C)C)c(C)c23)c1.Cl.Cl.[CH3-].[CH3-].[Si]=[Zr]. The fourth-order valence-electron chi connectivity index (χ4n) is 7.31. The van der Waals surface area contributed by atoms with Gasteiger partial charge in [-0.05, 0) is 49.7 Å². The van der Waals surface area contributed by atoms with Gasteiger partial charge in [-0.15, -0.1) is 93.9 Å². The molecule has 0 saturated heterocycles. The first kappa shape index (κ1) is 47.8. The third-order valence-electron chi connectivity index (χ3n) is 9.03. The van der Waals surface area contributed by atoms with Crippen molar-refractivity contribution in [3.63, 3.8) is 0 Å². The first-order valence-corrected chi connectivity index (χ1v) is 20.5. The Kier molecular flexibility index (Phi) is 18.2. The van der Waals surface area contributed by atoms with E-state index < -0.39 is 0 Å². The minimum atomic E-state index is 0. The average molecular weight is 801 g/mol. The summed E-state index contributed by atoms with van der Waals surface area (Å²) in [7, 11) is 0. The van der Waals surface area contributed by atoms with Crippen LogP contribution in [0.3, 0.4) is 0 Å². The molecular weight excluding hydrogens is 743 g/mol. The van der Waals surface area contributed by atoms with E-state index in [-0.39, 0.29) is 50.5 Å². The monoisotopic (exact) mass is 798 g/mol. The van der Waals surface area contributed by atoms with E-state index >= 15 is 0 Å². The third kappa shape index (κ3) is 10.4. The molecule has 0 aliphatic rings. The Morgan fingerprint density at radius 1 is 0.480 bits per heavy atom. The zero-order chi connectivity index (χ0) is 34.1. The summed E-state index contributed by atoms with van der Waals surface area (Å²) in [5.41, 5.74) is 16.8. The summed E-state index contributed by atoms with van der Waals surface area (Å²) in [5, 5.41) is 5.55. The van der Waals surface area contributed by atoms with Crippen molar-refractivity contribution in [2.75, 3.05) is 0 Å². The Hall–Kier alpha value is -2.22. The molecule has 0 aliphatic carbocycles. The van der Waals surface area contributed by atoms with Crippen molar-refractivity contribution in [2.24, 2.45) is 0 Å². The van der Waals surface area contributed by atoms with Crippen LogP contribution in [0.5, 0.6) is 0 Å². The second-order valence-electron chi connectivity index (χ2n) is 15.2. The van der Waals surface area contributed by atoms with Crippen molar-refractivity contribution in [1.29, 1.82) is 0 Å². The summed E-state index contributed by atoms with van der Waals surface area (Å²) in [5.74, 6) is 0. The van der Waals surface area contributed by atoms with Crippen LogP contribution in [0.4, 0.5) is 0 Å². The molecule has 0 unspecified atom stereocenters. The molecule has 2 radical (unpaired) electrons. The summed E-state index contributed by atoms with van der Waals surface area (Å²) in [6.45, 7) is 30.1. The molecule has 0 fully saturated rings. The molecule has 268 valence electrons. The molecule has 0 aliphatic heterocycles. The summed E-state index contributed by atoms with van der Waals surface area (Å²) in [6, 6.07) is 31.8. The maximum atomic E-state index is 3.06. The van der Waals surface area contributed by atoms with Crippen LogP contribution in [-0.2, 0) is 34.2 Å². The number of hydrogen-bond acceptors (Lipinski definition) is 0. The molecular formula is C46H58Cl2SiZr-4. The van der Waals surface area contributed by atoms with Crippen molar-refractivity contribution in [3.8, 4) is 22.3 Å². The number of halogens is 2. The van der Waals surface area contributed by atoms with Crippen molar-refractivity contribution in [3.05, 3.63) is 144 Å². The molecule has 0 N–H and O–H groups in total. The standard InChI is InChI=1S/2C22H25.2CH3.2ClH.Si.Zr/c2*1-14-10-15(2)12-18(11-14)19-9-7-8-17-13-20(22(4,5)6)16(3)21(17)19;;;;;;/h2*7-13H,1-6H3;2*1H3;2*1H;;/q4*-1;;;;. The quantitative estimate of drug-likeness (QED) is 0.121. The molecule has 0 saturated carbocycles. The first-order valence-electron chi connectivity index (χ1n) is 16.4. The van der Waals surface area contributed by atoms with Gasteiger partial charge in [-0.25, -0.2) is 0 Å². The van der Waals surface area contributed by atoms with E-state index in [1.807, 2.05) is 0 Å². The molecule has 6 aromatic rings. The molecule has 50 heavy (non-hydrogen) atoms. The van der Waals surface area contributed by atoms with E-state index in [0.29, 0.717) is 0 Å². The molecule has 6 rings (SSSR count). The first-order chi connectivity index (χ1) is 21.5. The molecule has 0 nitrogen and oxygen atoms in total. The van der Waals surface area contributed by atoms with Gasteiger partial charge in [-0.3, -0.25) is 0 Å². The van der Waals surface area contributed by atoms with Gasteiger partial charge < -0.3 is 14.9 Å². The second kappa shape index (κ2) is 19.0. The Morgan fingerprint density at radius 3 is 1.02 bits per heavy atom. The average Bonchev–Trinajstić information content (AvgIpc) is 3.50. The van der Waals surface area contributed by atoms with E-state index in [1.165, 1.54) is 112 Å². The van der Waals surface area contributed by atoms with Crippen molar-refractivity contribution in [2.45, 2.75) is 93.9 Å². The molecule has 0 aromatic heterocycles. The van der Waals surface area contributed by atoms with E-state index in [9.17, 15) is 0 Å². The van der Waals surface area contributed by atoms with Gasteiger partial charge in [-0.2, -0.15) is 11.1 Å². The van der Waals surface area contributed by atoms with Crippen LogP contribution >= 0.6 is 24.8 Å². The molecule has 0 spiro atoms. The maximum absolute atomic E-state index is 3.06. The van der Waals surface area contributed by atoms with Crippen LogP contribution in [0, 0.1) is 56.4 Å². The predicted octanol–water partition coefficient (Wildman–Crippen LogP) is 14.3. The van der Waals surface area contributed by atoms with Crippen LogP contribution in [0.15, 0.2) is 84.9 Å². The van der Waals surface area contributed by atoms with E-state index in [1.54, 1.807) is 0 Å². The Bertz CT molecular complexity index is 1830. The summed E-state index contributed by atoms with van der Waals surface area (Å²) in [6.07, 6.45) is 0. The fourth-order valence-corrected chi connectivity index (χ4v) is 7.31. The number of benzene rings is 4. The van der Waals surface area contributed by atoms with Gasteiger partial charge in [0.2, 0.25) is 0 Å². The van der Waals surface area contributed by atoms with Crippen molar-refractivity contribution >= 4 is 53.2 Å². The predicted molar refractivity (Wildman–Crippen MR) is 229 cm³/mol. The Labute approximate surface area is 334 Å². The molecule has 0 atom stereocenters. The van der Waals surface area contributed by atoms with Gasteiger partial charge in [0.15, 0.2) is 0 Å². The molecule has 0 heterocycles. The van der Waals surface area contributed by atoms with Gasteiger partial charge in [0, 0.05) is 0 Å². The number of hydrogen-bond donors (Lipinski definition) is 0. The summed E-state index contributed by atoms with van der Waals surface area (Å²) < 4.78 is 0. The summed E-state index contributed by atoms with van der Waals surface area (Å²) in [4.78, 5) is 0. The van der Waals surface area contributed by atoms with E-state index in [4.69, 9.17) is 0 Å². The van der Waals surface area contributed by atoms with Gasteiger partial charge in [0.25, 0.3) is 0 Å². The van der Waals surface area contributed by atoms with E-state index in [2.05, 4.69) is 175 Å². The second-order valence-corrected chi connectivity index (χ2v) is 15.2. The van der Waals surface area contributed by atoms with Crippen LogP contribution in [0.2, 0.25) is 0 Å². The molecule has 4 heteroatoms. The molecule has 6 aromatic carbocycles. The number of aryl methyl sites for hydroxylation is 6. The van der Waals surface area contributed by atoms with Crippen LogP contribution < -0.4 is 0 Å². The van der Waals surface area contributed by atoms with Crippen molar-refractivity contribution in [1.82, 2.24) is 0 Å². The van der Waals surface area contributed by atoms with E-state index in [0.717, 1.165) is 0 Å². The molecule has 0 amide bonds. The zero-order valence-corrected chi connectivity index (χ0v) is 38.0. The van der Waals surface area contributed by atoms with Crippen LogP contribution in [0.1, 0.15) is 86.1 Å². The van der Waals surface area contributed by atoms with Gasteiger partial charge >= 0.3 is 30.2 Å². The van der Waals surface area contributed by atoms with Gasteiger partial charge in [0.1, 0.15) is 0 Å². The Balaban J connectivity index is 0.000000850. The molecule has 0 bridgehead atoms. The third-order valence-corrected chi connectivity index (χ3v) is 9.03. The van der Waals surface area contributed by atoms with Crippen LogP contribution in [-0.4, -0.2) is 6.88 Å². The minimum absolute atomic E-state index is 0. The summed E-state index contributed by atoms with van der Waals surface area (Å²) >= 11 is 1.36. The van der Waals surface area contributed by atoms with Gasteiger partial charge in [0.05, 0.1) is 0 Å². The number of fused-ring (bicyclic) bond motifs is 2. The Morgan fingerprint density at radius 2 is 0.760 bits per heavy atom. The van der Waals surface area contributed by atoms with Crippen molar-refractivity contribution < 1.29 is 23.3 Å². The normalized spacial score (nSPS) is 10.7. The zero-order valence-electron chi connectivity index (χ0n) is 32.9. The van der Waals surface area contributed by atoms with Crippen LogP contribution in [0.25, 0.3) is 43.8 Å². The van der Waals surface area contributed by atoms with Gasteiger partial charge in [-0.1, -0.05) is 137 Å².